The zero-order chi connectivity index (χ0) is 16.4. The van der Waals surface area contributed by atoms with Gasteiger partial charge in [0.25, 0.3) is 0 Å². The van der Waals surface area contributed by atoms with E-state index in [-0.39, 0.29) is 18.3 Å². The Balaban J connectivity index is 1.53. The molecule has 0 aromatic carbocycles. The van der Waals surface area contributed by atoms with Crippen LogP contribution in [0.1, 0.15) is 38.3 Å². The summed E-state index contributed by atoms with van der Waals surface area (Å²) < 4.78 is 7.63. The van der Waals surface area contributed by atoms with Gasteiger partial charge in [-0.25, -0.2) is 0 Å². The Labute approximate surface area is 139 Å². The molecular formula is C17H30N4O2. The minimum Gasteiger partial charge on any atom is -0.390 e. The molecule has 23 heavy (non-hydrogen) atoms. The second-order valence-corrected chi connectivity index (χ2v) is 7.23. The summed E-state index contributed by atoms with van der Waals surface area (Å²) >= 11 is 0. The Morgan fingerprint density at radius 2 is 2.04 bits per heavy atom. The molecule has 3 rings (SSSR count). The van der Waals surface area contributed by atoms with Gasteiger partial charge in [-0.2, -0.15) is 5.10 Å². The Morgan fingerprint density at radius 3 is 2.70 bits per heavy atom. The maximum Gasteiger partial charge on any atom is 0.0794 e. The highest BCUT2D eigenvalue weighted by atomic mass is 16.5. The molecule has 2 fully saturated rings. The van der Waals surface area contributed by atoms with E-state index in [1.807, 2.05) is 17.9 Å². The maximum atomic E-state index is 10.6. The van der Waals surface area contributed by atoms with Crippen molar-refractivity contribution in [1.29, 1.82) is 0 Å². The number of likely N-dealkylation sites (tertiary alicyclic amines) is 1. The van der Waals surface area contributed by atoms with Crippen LogP contribution in [0.4, 0.5) is 0 Å². The number of aryl methyl sites for hydroxylation is 1. The van der Waals surface area contributed by atoms with Gasteiger partial charge in [-0.1, -0.05) is 0 Å². The van der Waals surface area contributed by atoms with Gasteiger partial charge < -0.3 is 9.84 Å². The van der Waals surface area contributed by atoms with Crippen LogP contribution in [0, 0.1) is 0 Å². The van der Waals surface area contributed by atoms with Crippen molar-refractivity contribution in [2.45, 2.75) is 51.0 Å². The first kappa shape index (κ1) is 16.9. The molecule has 6 heteroatoms. The lowest BCUT2D eigenvalue weighted by molar-refractivity contribution is -0.0782. The molecule has 0 radical (unpaired) electrons. The van der Waals surface area contributed by atoms with E-state index in [1.165, 1.54) is 12.0 Å². The fourth-order valence-electron chi connectivity index (χ4n) is 4.09. The molecule has 130 valence electrons. The minimum atomic E-state index is -0.315. The second-order valence-electron chi connectivity index (χ2n) is 7.23. The number of aliphatic hydroxyl groups excluding tert-OH is 1. The average Bonchev–Trinajstić information content (AvgIpc) is 3.06. The molecule has 0 amide bonds. The third kappa shape index (κ3) is 4.32. The van der Waals surface area contributed by atoms with E-state index in [1.54, 1.807) is 0 Å². The third-order valence-corrected chi connectivity index (χ3v) is 4.88. The molecule has 0 bridgehead atoms. The quantitative estimate of drug-likeness (QED) is 0.877. The SMILES string of the molecule is C[C@@H]1CN(C[C@H](O)CN2CCC[C@@H]2c2cnn(C)c2)C[C@@H](C)O1. The molecule has 2 saturated heterocycles. The van der Waals surface area contributed by atoms with Crippen LogP contribution in [0.3, 0.4) is 0 Å². The largest absolute Gasteiger partial charge is 0.390 e. The summed E-state index contributed by atoms with van der Waals surface area (Å²) in [6, 6.07) is 0.404. The summed E-state index contributed by atoms with van der Waals surface area (Å²) in [7, 11) is 1.96. The van der Waals surface area contributed by atoms with Crippen LogP contribution < -0.4 is 0 Å². The lowest BCUT2D eigenvalue weighted by Crippen LogP contribution is -2.49. The summed E-state index contributed by atoms with van der Waals surface area (Å²) in [5.74, 6) is 0. The van der Waals surface area contributed by atoms with Crippen molar-refractivity contribution in [3.63, 3.8) is 0 Å². The van der Waals surface area contributed by atoms with Gasteiger partial charge in [0.15, 0.2) is 0 Å². The van der Waals surface area contributed by atoms with E-state index in [2.05, 4.69) is 34.9 Å². The van der Waals surface area contributed by atoms with E-state index in [0.29, 0.717) is 6.04 Å². The summed E-state index contributed by atoms with van der Waals surface area (Å²) in [5, 5.41) is 14.8. The standard InChI is InChI=1S/C17H30N4O2/c1-13-8-20(9-14(2)23-13)11-16(22)12-21-6-4-5-17(21)15-7-18-19(3)10-15/h7,10,13-14,16-17,22H,4-6,8-9,11-12H2,1-3H3/t13-,14-,16+,17-/m1/s1. The number of aromatic nitrogens is 2. The van der Waals surface area contributed by atoms with E-state index in [9.17, 15) is 5.11 Å². The van der Waals surface area contributed by atoms with Gasteiger partial charge in [0.05, 0.1) is 24.5 Å². The number of nitrogens with zero attached hydrogens (tertiary/aromatic N) is 4. The number of ether oxygens (including phenoxy) is 1. The molecule has 0 saturated carbocycles. The lowest BCUT2D eigenvalue weighted by Gasteiger charge is -2.37. The molecule has 1 aromatic rings. The molecule has 2 aliphatic heterocycles. The number of hydrogen-bond acceptors (Lipinski definition) is 5. The molecule has 0 aliphatic carbocycles. The van der Waals surface area contributed by atoms with E-state index < -0.39 is 0 Å². The molecule has 1 N–H and O–H groups in total. The lowest BCUT2D eigenvalue weighted by atomic mass is 10.1. The predicted molar refractivity (Wildman–Crippen MR) is 89.2 cm³/mol. The van der Waals surface area contributed by atoms with Crippen LogP contribution in [0.5, 0.6) is 0 Å². The monoisotopic (exact) mass is 322 g/mol. The van der Waals surface area contributed by atoms with Crippen LogP contribution in [0.2, 0.25) is 0 Å². The second kappa shape index (κ2) is 7.30. The van der Waals surface area contributed by atoms with Gasteiger partial charge in [-0.3, -0.25) is 14.5 Å². The third-order valence-electron chi connectivity index (χ3n) is 4.88. The Morgan fingerprint density at radius 1 is 1.30 bits per heavy atom. The van der Waals surface area contributed by atoms with E-state index in [0.717, 1.165) is 39.1 Å². The van der Waals surface area contributed by atoms with Crippen molar-refractivity contribution in [3.8, 4) is 0 Å². The van der Waals surface area contributed by atoms with Crippen LogP contribution >= 0.6 is 0 Å². The Hall–Kier alpha value is -0.950. The molecule has 0 unspecified atom stereocenters. The number of hydrogen-bond donors (Lipinski definition) is 1. The first-order valence-corrected chi connectivity index (χ1v) is 8.79. The van der Waals surface area contributed by atoms with E-state index in [4.69, 9.17) is 4.74 Å². The summed E-state index contributed by atoms with van der Waals surface area (Å²) in [6.45, 7) is 8.56. The molecule has 4 atom stereocenters. The molecule has 6 nitrogen and oxygen atoms in total. The summed E-state index contributed by atoms with van der Waals surface area (Å²) in [5.41, 5.74) is 1.27. The topological polar surface area (TPSA) is 53.8 Å². The average molecular weight is 322 g/mol. The molecule has 2 aliphatic rings. The molecular weight excluding hydrogens is 292 g/mol. The van der Waals surface area contributed by atoms with Crippen LogP contribution in [-0.2, 0) is 11.8 Å². The first-order chi connectivity index (χ1) is 11.0. The summed E-state index contributed by atoms with van der Waals surface area (Å²) in [6.07, 6.45) is 6.59. The van der Waals surface area contributed by atoms with Crippen molar-refractivity contribution in [3.05, 3.63) is 18.0 Å². The van der Waals surface area contributed by atoms with Crippen molar-refractivity contribution in [1.82, 2.24) is 19.6 Å². The molecule has 1 aromatic heterocycles. The van der Waals surface area contributed by atoms with Gasteiger partial charge in [0.1, 0.15) is 0 Å². The van der Waals surface area contributed by atoms with Gasteiger partial charge in [-0.15, -0.1) is 0 Å². The number of aliphatic hydroxyl groups is 1. The zero-order valence-electron chi connectivity index (χ0n) is 14.6. The highest BCUT2D eigenvalue weighted by molar-refractivity contribution is 5.12. The Kier molecular flexibility index (Phi) is 5.36. The van der Waals surface area contributed by atoms with Crippen LogP contribution in [-0.4, -0.2) is 75.7 Å². The van der Waals surface area contributed by atoms with Crippen molar-refractivity contribution in [2.24, 2.45) is 7.05 Å². The predicted octanol–water partition coefficient (Wildman–Crippen LogP) is 1.03. The smallest absolute Gasteiger partial charge is 0.0794 e. The van der Waals surface area contributed by atoms with Crippen LogP contribution in [0.25, 0.3) is 0 Å². The highest BCUT2D eigenvalue weighted by Crippen LogP contribution is 2.31. The zero-order valence-corrected chi connectivity index (χ0v) is 14.6. The fourth-order valence-corrected chi connectivity index (χ4v) is 4.09. The summed E-state index contributed by atoms with van der Waals surface area (Å²) in [4.78, 5) is 4.74. The number of β-amino-alcohol motifs (C(OH)–C–C–N with tert-alkyl or cyclic N) is 1. The van der Waals surface area contributed by atoms with Crippen molar-refractivity contribution in [2.75, 3.05) is 32.7 Å². The van der Waals surface area contributed by atoms with Crippen molar-refractivity contribution < 1.29 is 9.84 Å². The molecule has 3 heterocycles. The minimum absolute atomic E-state index is 0.251. The van der Waals surface area contributed by atoms with Crippen molar-refractivity contribution >= 4 is 0 Å². The van der Waals surface area contributed by atoms with Gasteiger partial charge in [-0.05, 0) is 33.2 Å². The maximum absolute atomic E-state index is 10.6. The van der Waals surface area contributed by atoms with Crippen LogP contribution in [0.15, 0.2) is 12.4 Å². The van der Waals surface area contributed by atoms with E-state index >= 15 is 0 Å². The Bertz CT molecular complexity index is 497. The highest BCUT2D eigenvalue weighted by Gasteiger charge is 2.30. The van der Waals surface area contributed by atoms with Gasteiger partial charge in [0, 0.05) is 51.0 Å². The fraction of sp³-hybridized carbons (Fsp3) is 0.824. The van der Waals surface area contributed by atoms with Gasteiger partial charge >= 0.3 is 0 Å². The first-order valence-electron chi connectivity index (χ1n) is 8.79. The number of rotatable bonds is 5. The van der Waals surface area contributed by atoms with Gasteiger partial charge in [0.2, 0.25) is 0 Å². The normalized spacial score (nSPS) is 31.6. The number of morpholine rings is 1. The molecule has 0 spiro atoms.